The molecular formula is C11H11N3O. The van der Waals surface area contributed by atoms with E-state index in [4.69, 9.17) is 4.74 Å². The average Bonchev–Trinajstić information content (AvgIpc) is 2.31. The minimum absolute atomic E-state index is 0.557. The SMILES string of the molecule is CNc1ncccc1Oc1ccccn1. The van der Waals surface area contributed by atoms with E-state index >= 15 is 0 Å². The predicted octanol–water partition coefficient (Wildman–Crippen LogP) is 2.31. The van der Waals surface area contributed by atoms with Crippen molar-refractivity contribution in [1.82, 2.24) is 9.97 Å². The van der Waals surface area contributed by atoms with Crippen molar-refractivity contribution in [1.29, 1.82) is 0 Å². The number of hydrogen-bond acceptors (Lipinski definition) is 4. The summed E-state index contributed by atoms with van der Waals surface area (Å²) >= 11 is 0. The smallest absolute Gasteiger partial charge is 0.219 e. The molecule has 76 valence electrons. The highest BCUT2D eigenvalue weighted by atomic mass is 16.5. The summed E-state index contributed by atoms with van der Waals surface area (Å²) in [6.45, 7) is 0. The van der Waals surface area contributed by atoms with E-state index in [1.165, 1.54) is 0 Å². The van der Waals surface area contributed by atoms with Crippen LogP contribution in [0.5, 0.6) is 11.6 Å². The predicted molar refractivity (Wildman–Crippen MR) is 58.1 cm³/mol. The molecule has 0 radical (unpaired) electrons. The number of pyridine rings is 2. The van der Waals surface area contributed by atoms with Crippen molar-refractivity contribution >= 4 is 5.82 Å². The fraction of sp³-hybridized carbons (Fsp3) is 0.0909. The first kappa shape index (κ1) is 9.45. The van der Waals surface area contributed by atoms with Gasteiger partial charge in [0.05, 0.1) is 0 Å². The zero-order chi connectivity index (χ0) is 10.5. The zero-order valence-corrected chi connectivity index (χ0v) is 8.34. The van der Waals surface area contributed by atoms with Gasteiger partial charge in [0.15, 0.2) is 11.6 Å². The third-order valence-electron chi connectivity index (χ3n) is 1.86. The Morgan fingerprint density at radius 1 is 1.07 bits per heavy atom. The maximum absolute atomic E-state index is 5.56. The number of nitrogens with zero attached hydrogens (tertiary/aromatic N) is 2. The van der Waals surface area contributed by atoms with E-state index in [2.05, 4.69) is 15.3 Å². The van der Waals surface area contributed by atoms with Crippen molar-refractivity contribution in [2.75, 3.05) is 12.4 Å². The van der Waals surface area contributed by atoms with Gasteiger partial charge in [-0.1, -0.05) is 6.07 Å². The Hall–Kier alpha value is -2.10. The summed E-state index contributed by atoms with van der Waals surface area (Å²) in [4.78, 5) is 8.20. The van der Waals surface area contributed by atoms with Gasteiger partial charge >= 0.3 is 0 Å². The second-order valence-electron chi connectivity index (χ2n) is 2.87. The molecule has 0 fully saturated rings. The number of hydrogen-bond donors (Lipinski definition) is 1. The molecule has 0 atom stereocenters. The number of aromatic nitrogens is 2. The van der Waals surface area contributed by atoms with E-state index in [1.807, 2.05) is 24.3 Å². The van der Waals surface area contributed by atoms with E-state index < -0.39 is 0 Å². The Kier molecular flexibility index (Phi) is 2.78. The molecule has 0 aromatic carbocycles. The summed E-state index contributed by atoms with van der Waals surface area (Å²) in [5.41, 5.74) is 0. The molecule has 0 spiro atoms. The zero-order valence-electron chi connectivity index (χ0n) is 8.34. The second kappa shape index (κ2) is 4.41. The Morgan fingerprint density at radius 3 is 2.67 bits per heavy atom. The first-order valence-electron chi connectivity index (χ1n) is 4.62. The Bertz CT molecular complexity index is 431. The molecule has 0 bridgehead atoms. The topological polar surface area (TPSA) is 47.0 Å². The van der Waals surface area contributed by atoms with Gasteiger partial charge in [0.25, 0.3) is 0 Å². The first-order chi connectivity index (χ1) is 7.40. The van der Waals surface area contributed by atoms with Crippen LogP contribution >= 0.6 is 0 Å². The van der Waals surface area contributed by atoms with E-state index in [9.17, 15) is 0 Å². The van der Waals surface area contributed by atoms with Crippen LogP contribution in [0.1, 0.15) is 0 Å². The van der Waals surface area contributed by atoms with Crippen molar-refractivity contribution in [2.45, 2.75) is 0 Å². The Morgan fingerprint density at radius 2 is 1.93 bits per heavy atom. The molecule has 1 N–H and O–H groups in total. The van der Waals surface area contributed by atoms with Gasteiger partial charge in [-0.2, -0.15) is 0 Å². The molecule has 0 unspecified atom stereocenters. The van der Waals surface area contributed by atoms with E-state index in [-0.39, 0.29) is 0 Å². The van der Waals surface area contributed by atoms with Gasteiger partial charge in [-0.25, -0.2) is 9.97 Å². The molecule has 2 aromatic rings. The van der Waals surface area contributed by atoms with Crippen LogP contribution in [0.3, 0.4) is 0 Å². The van der Waals surface area contributed by atoms with Crippen molar-refractivity contribution in [3.63, 3.8) is 0 Å². The standard InChI is InChI=1S/C11H11N3O/c1-12-11-9(5-4-8-14-11)15-10-6-2-3-7-13-10/h2-8H,1H3,(H,12,14). The third kappa shape index (κ3) is 2.22. The minimum atomic E-state index is 0.557. The maximum Gasteiger partial charge on any atom is 0.219 e. The molecule has 4 heteroatoms. The van der Waals surface area contributed by atoms with Crippen molar-refractivity contribution in [3.8, 4) is 11.6 Å². The van der Waals surface area contributed by atoms with E-state index in [0.29, 0.717) is 17.4 Å². The highest BCUT2D eigenvalue weighted by Crippen LogP contribution is 2.25. The number of ether oxygens (including phenoxy) is 1. The highest BCUT2D eigenvalue weighted by molar-refractivity contribution is 5.50. The molecule has 0 aliphatic rings. The van der Waals surface area contributed by atoms with Crippen LogP contribution in [0.15, 0.2) is 42.7 Å². The van der Waals surface area contributed by atoms with Crippen LogP contribution in [0.25, 0.3) is 0 Å². The molecule has 15 heavy (non-hydrogen) atoms. The normalized spacial score (nSPS) is 9.67. The largest absolute Gasteiger partial charge is 0.435 e. The fourth-order valence-electron chi connectivity index (χ4n) is 1.18. The number of anilines is 1. The van der Waals surface area contributed by atoms with Gasteiger partial charge in [-0.3, -0.25) is 0 Å². The lowest BCUT2D eigenvalue weighted by molar-refractivity contribution is 0.463. The first-order valence-corrected chi connectivity index (χ1v) is 4.62. The summed E-state index contributed by atoms with van der Waals surface area (Å²) in [6, 6.07) is 9.17. The van der Waals surface area contributed by atoms with Crippen molar-refractivity contribution < 1.29 is 4.74 Å². The molecule has 0 saturated heterocycles. The lowest BCUT2D eigenvalue weighted by atomic mass is 10.4. The highest BCUT2D eigenvalue weighted by Gasteiger charge is 2.03. The molecular weight excluding hydrogens is 190 g/mol. The Labute approximate surface area is 88.0 Å². The molecule has 4 nitrogen and oxygen atoms in total. The molecule has 0 aliphatic carbocycles. The van der Waals surface area contributed by atoms with Crippen LogP contribution in [0.4, 0.5) is 5.82 Å². The van der Waals surface area contributed by atoms with Crippen LogP contribution in [0, 0.1) is 0 Å². The lowest BCUT2D eigenvalue weighted by Crippen LogP contribution is -1.96. The molecule has 2 heterocycles. The van der Waals surface area contributed by atoms with Crippen molar-refractivity contribution in [3.05, 3.63) is 42.7 Å². The number of rotatable bonds is 3. The van der Waals surface area contributed by atoms with Crippen LogP contribution in [0.2, 0.25) is 0 Å². The maximum atomic E-state index is 5.56. The van der Waals surface area contributed by atoms with Crippen molar-refractivity contribution in [2.24, 2.45) is 0 Å². The molecule has 0 saturated carbocycles. The van der Waals surface area contributed by atoms with Gasteiger partial charge in [0.2, 0.25) is 5.88 Å². The van der Waals surface area contributed by atoms with Crippen LogP contribution < -0.4 is 10.1 Å². The monoisotopic (exact) mass is 201 g/mol. The minimum Gasteiger partial charge on any atom is -0.435 e. The summed E-state index contributed by atoms with van der Waals surface area (Å²) < 4.78 is 5.56. The van der Waals surface area contributed by atoms with Crippen LogP contribution in [-0.2, 0) is 0 Å². The Balaban J connectivity index is 2.24. The molecule has 2 aromatic heterocycles. The average molecular weight is 201 g/mol. The fourth-order valence-corrected chi connectivity index (χ4v) is 1.18. The van der Waals surface area contributed by atoms with E-state index in [1.54, 1.807) is 25.5 Å². The third-order valence-corrected chi connectivity index (χ3v) is 1.86. The lowest BCUT2D eigenvalue weighted by Gasteiger charge is -2.07. The molecule has 0 aliphatic heterocycles. The van der Waals surface area contributed by atoms with E-state index in [0.717, 1.165) is 0 Å². The summed E-state index contributed by atoms with van der Waals surface area (Å²) in [7, 11) is 1.80. The second-order valence-corrected chi connectivity index (χ2v) is 2.87. The van der Waals surface area contributed by atoms with Gasteiger partial charge in [-0.15, -0.1) is 0 Å². The number of nitrogens with one attached hydrogen (secondary N) is 1. The van der Waals surface area contributed by atoms with Gasteiger partial charge in [0.1, 0.15) is 0 Å². The quantitative estimate of drug-likeness (QED) is 0.827. The molecule has 0 amide bonds. The van der Waals surface area contributed by atoms with Gasteiger partial charge in [-0.05, 0) is 18.2 Å². The van der Waals surface area contributed by atoms with Crippen LogP contribution in [-0.4, -0.2) is 17.0 Å². The summed E-state index contributed by atoms with van der Waals surface area (Å²) in [5, 5.41) is 2.95. The van der Waals surface area contributed by atoms with Gasteiger partial charge < -0.3 is 10.1 Å². The van der Waals surface area contributed by atoms with Gasteiger partial charge in [0, 0.05) is 25.5 Å². The molecule has 2 rings (SSSR count). The summed E-state index contributed by atoms with van der Waals surface area (Å²) in [6.07, 6.45) is 3.39. The summed E-state index contributed by atoms with van der Waals surface area (Å²) in [5.74, 6) is 1.92.